The van der Waals surface area contributed by atoms with Crippen LogP contribution in [0.15, 0.2) is 24.3 Å². The van der Waals surface area contributed by atoms with Gasteiger partial charge in [0.25, 0.3) is 5.91 Å². The molecule has 1 amide bonds. The van der Waals surface area contributed by atoms with Gasteiger partial charge in [-0.05, 0) is 56.6 Å². The van der Waals surface area contributed by atoms with E-state index in [9.17, 15) is 4.79 Å². The lowest BCUT2D eigenvalue weighted by Crippen LogP contribution is -2.32. The second kappa shape index (κ2) is 5.76. The Kier molecular flexibility index (Phi) is 3.40. The Balaban J connectivity index is 1.46. The van der Waals surface area contributed by atoms with E-state index in [0.717, 1.165) is 55.3 Å². The third-order valence-corrected chi connectivity index (χ3v) is 5.69. The molecule has 1 aromatic carbocycles. The van der Waals surface area contributed by atoms with Crippen LogP contribution in [0.4, 0.5) is 0 Å². The van der Waals surface area contributed by atoms with Crippen LogP contribution in [0.25, 0.3) is 10.9 Å². The zero-order valence-electron chi connectivity index (χ0n) is 14.2. The molecule has 2 aliphatic rings. The summed E-state index contributed by atoms with van der Waals surface area (Å²) in [5.41, 5.74) is 6.55. The number of hydrogen-bond donors (Lipinski definition) is 3. The topological polar surface area (TPSA) is 73.6 Å². The summed E-state index contributed by atoms with van der Waals surface area (Å²) in [6.07, 6.45) is 7.42. The fourth-order valence-electron chi connectivity index (χ4n) is 4.45. The molecular formula is C20H22N4O. The highest BCUT2D eigenvalue weighted by Gasteiger charge is 2.28. The predicted octanol–water partition coefficient (Wildman–Crippen LogP) is 3.58. The van der Waals surface area contributed by atoms with E-state index >= 15 is 0 Å². The Hall–Kier alpha value is -2.56. The van der Waals surface area contributed by atoms with Crippen molar-refractivity contribution in [1.82, 2.24) is 20.5 Å². The number of carbonyl (C=O) groups excluding carboxylic acids is 1. The van der Waals surface area contributed by atoms with Gasteiger partial charge in [-0.25, -0.2) is 0 Å². The van der Waals surface area contributed by atoms with E-state index in [1.54, 1.807) is 0 Å². The Bertz CT molecular complexity index is 952. The summed E-state index contributed by atoms with van der Waals surface area (Å²) in [7, 11) is 0. The molecule has 5 rings (SSSR count). The van der Waals surface area contributed by atoms with Crippen LogP contribution in [0.2, 0.25) is 0 Å². The van der Waals surface area contributed by atoms with Crippen LogP contribution in [0.3, 0.4) is 0 Å². The minimum atomic E-state index is -0.0455. The molecule has 0 spiro atoms. The summed E-state index contributed by atoms with van der Waals surface area (Å²) in [5.74, 6) is -0.0455. The van der Waals surface area contributed by atoms with Gasteiger partial charge in [0.05, 0.1) is 6.04 Å². The number of rotatable bonds is 2. The number of fused-ring (bicyclic) bond motifs is 4. The highest BCUT2D eigenvalue weighted by atomic mass is 16.2. The summed E-state index contributed by atoms with van der Waals surface area (Å²) < 4.78 is 0. The van der Waals surface area contributed by atoms with Gasteiger partial charge in [0, 0.05) is 27.9 Å². The Morgan fingerprint density at radius 1 is 1.08 bits per heavy atom. The van der Waals surface area contributed by atoms with Gasteiger partial charge in [-0.3, -0.25) is 9.89 Å². The lowest BCUT2D eigenvalue weighted by atomic mass is 9.91. The van der Waals surface area contributed by atoms with Crippen LogP contribution in [0.5, 0.6) is 0 Å². The fourth-order valence-corrected chi connectivity index (χ4v) is 4.45. The number of H-pyrrole nitrogens is 2. The van der Waals surface area contributed by atoms with Crippen LogP contribution >= 0.6 is 0 Å². The van der Waals surface area contributed by atoms with Gasteiger partial charge in [-0.1, -0.05) is 18.2 Å². The largest absolute Gasteiger partial charge is 0.356 e. The van der Waals surface area contributed by atoms with Crippen molar-refractivity contribution in [2.45, 2.75) is 51.0 Å². The van der Waals surface area contributed by atoms with Crippen molar-refractivity contribution in [3.05, 3.63) is 52.5 Å². The number of benzene rings is 1. The van der Waals surface area contributed by atoms with Crippen LogP contribution in [-0.2, 0) is 19.3 Å². The summed E-state index contributed by atoms with van der Waals surface area (Å²) in [4.78, 5) is 16.4. The normalized spacial score (nSPS) is 19.4. The lowest BCUT2D eigenvalue weighted by Gasteiger charge is -2.23. The summed E-state index contributed by atoms with van der Waals surface area (Å²) in [5, 5.41) is 11.9. The van der Waals surface area contributed by atoms with Crippen molar-refractivity contribution in [3.63, 3.8) is 0 Å². The molecule has 0 radical (unpaired) electrons. The Labute approximate surface area is 146 Å². The predicted molar refractivity (Wildman–Crippen MR) is 96.7 cm³/mol. The van der Waals surface area contributed by atoms with Gasteiger partial charge in [0.15, 0.2) is 5.69 Å². The fraction of sp³-hybridized carbons (Fsp3) is 0.400. The maximum atomic E-state index is 12.9. The number of nitrogens with zero attached hydrogens (tertiary/aromatic N) is 1. The number of aromatic amines is 2. The third-order valence-electron chi connectivity index (χ3n) is 5.69. The standard InChI is InChI=1S/C20H22N4O/c25-20(19-14-7-2-4-10-16(14)23-24-19)22-17-11-5-8-13-12-6-1-3-9-15(12)21-18(13)17/h1,3,6,9,17,21H,2,4-5,7-8,10-11H2,(H,22,25)(H,23,24). The van der Waals surface area contributed by atoms with E-state index < -0.39 is 0 Å². The molecule has 1 atom stereocenters. The molecule has 0 saturated heterocycles. The number of para-hydroxylation sites is 1. The average molecular weight is 334 g/mol. The molecule has 0 aliphatic heterocycles. The highest BCUT2D eigenvalue weighted by molar-refractivity contribution is 5.94. The Morgan fingerprint density at radius 2 is 1.92 bits per heavy atom. The first-order valence-electron chi connectivity index (χ1n) is 9.27. The van der Waals surface area contributed by atoms with Gasteiger partial charge >= 0.3 is 0 Å². The van der Waals surface area contributed by atoms with Crippen molar-refractivity contribution >= 4 is 16.8 Å². The van der Waals surface area contributed by atoms with Crippen molar-refractivity contribution < 1.29 is 4.79 Å². The second-order valence-electron chi connectivity index (χ2n) is 7.22. The lowest BCUT2D eigenvalue weighted by molar-refractivity contribution is 0.0925. The van der Waals surface area contributed by atoms with Crippen molar-refractivity contribution in [3.8, 4) is 0 Å². The van der Waals surface area contributed by atoms with E-state index in [4.69, 9.17) is 0 Å². The summed E-state index contributed by atoms with van der Waals surface area (Å²) >= 11 is 0. The van der Waals surface area contributed by atoms with Crippen LogP contribution < -0.4 is 5.32 Å². The molecule has 128 valence electrons. The van der Waals surface area contributed by atoms with Gasteiger partial charge in [0.1, 0.15) is 0 Å². The molecule has 0 saturated carbocycles. The number of nitrogens with one attached hydrogen (secondary N) is 3. The monoisotopic (exact) mass is 334 g/mol. The van der Waals surface area contributed by atoms with Crippen LogP contribution in [0, 0.1) is 0 Å². The van der Waals surface area contributed by atoms with Gasteiger partial charge < -0.3 is 10.3 Å². The molecule has 25 heavy (non-hydrogen) atoms. The quantitative estimate of drug-likeness (QED) is 0.670. The minimum Gasteiger partial charge on any atom is -0.356 e. The van der Waals surface area contributed by atoms with E-state index in [0.29, 0.717) is 5.69 Å². The Morgan fingerprint density at radius 3 is 2.88 bits per heavy atom. The molecule has 2 aliphatic carbocycles. The van der Waals surface area contributed by atoms with Gasteiger partial charge in [-0.2, -0.15) is 5.10 Å². The molecule has 5 nitrogen and oxygen atoms in total. The molecular weight excluding hydrogens is 312 g/mol. The number of aryl methyl sites for hydroxylation is 2. The van der Waals surface area contributed by atoms with E-state index in [-0.39, 0.29) is 11.9 Å². The number of carbonyl (C=O) groups is 1. The molecule has 0 fully saturated rings. The van der Waals surface area contributed by atoms with Gasteiger partial charge in [0.2, 0.25) is 0 Å². The first-order chi connectivity index (χ1) is 12.3. The minimum absolute atomic E-state index is 0.0413. The van der Waals surface area contributed by atoms with Gasteiger partial charge in [-0.15, -0.1) is 0 Å². The van der Waals surface area contributed by atoms with E-state index in [2.05, 4.69) is 38.7 Å². The first kappa shape index (κ1) is 14.8. The first-order valence-corrected chi connectivity index (χ1v) is 9.27. The second-order valence-corrected chi connectivity index (χ2v) is 7.22. The van der Waals surface area contributed by atoms with E-state index in [1.807, 2.05) is 6.07 Å². The molecule has 0 bridgehead atoms. The molecule has 1 unspecified atom stereocenters. The number of amides is 1. The third kappa shape index (κ3) is 2.37. The number of hydrogen-bond acceptors (Lipinski definition) is 2. The van der Waals surface area contributed by atoms with E-state index in [1.165, 1.54) is 23.1 Å². The zero-order valence-corrected chi connectivity index (χ0v) is 14.2. The zero-order chi connectivity index (χ0) is 16.8. The highest BCUT2D eigenvalue weighted by Crippen LogP contribution is 2.35. The SMILES string of the molecule is O=C(NC1CCCc2c1[nH]c1ccccc21)c1n[nH]c2c1CCCC2. The summed E-state index contributed by atoms with van der Waals surface area (Å²) in [6, 6.07) is 8.44. The molecule has 2 heterocycles. The molecule has 3 N–H and O–H groups in total. The maximum absolute atomic E-state index is 12.9. The molecule has 3 aromatic rings. The van der Waals surface area contributed by atoms with Crippen molar-refractivity contribution in [2.24, 2.45) is 0 Å². The number of aromatic nitrogens is 3. The van der Waals surface area contributed by atoms with Crippen molar-refractivity contribution in [2.75, 3.05) is 0 Å². The maximum Gasteiger partial charge on any atom is 0.272 e. The average Bonchev–Trinajstić information content (AvgIpc) is 3.24. The van der Waals surface area contributed by atoms with Crippen LogP contribution in [-0.4, -0.2) is 21.1 Å². The molecule has 2 aromatic heterocycles. The van der Waals surface area contributed by atoms with Crippen LogP contribution in [0.1, 0.15) is 64.7 Å². The molecule has 5 heteroatoms. The smallest absolute Gasteiger partial charge is 0.272 e. The van der Waals surface area contributed by atoms with Crippen molar-refractivity contribution in [1.29, 1.82) is 0 Å². The summed E-state index contributed by atoms with van der Waals surface area (Å²) in [6.45, 7) is 0.